The van der Waals surface area contributed by atoms with Crippen molar-refractivity contribution in [3.8, 4) is 22.7 Å². The van der Waals surface area contributed by atoms with Crippen LogP contribution in [0.15, 0.2) is 54.6 Å². The van der Waals surface area contributed by atoms with Crippen molar-refractivity contribution in [3.63, 3.8) is 0 Å². The molecule has 0 unspecified atom stereocenters. The Bertz CT molecular complexity index is 761. The molecule has 3 rings (SSSR count). The van der Waals surface area contributed by atoms with E-state index < -0.39 is 0 Å². The van der Waals surface area contributed by atoms with Crippen LogP contribution in [-0.2, 0) is 6.42 Å². The summed E-state index contributed by atoms with van der Waals surface area (Å²) < 4.78 is 7.17. The number of methoxy groups -OCH3 is 1. The first-order valence-corrected chi connectivity index (χ1v) is 7.58. The lowest BCUT2D eigenvalue weighted by atomic mass is 10.1. The van der Waals surface area contributed by atoms with Crippen LogP contribution < -0.4 is 4.74 Å². The highest BCUT2D eigenvalue weighted by Gasteiger charge is 2.11. The topological polar surface area (TPSA) is 27.1 Å². The lowest BCUT2D eigenvalue weighted by Crippen LogP contribution is -1.99. The smallest absolute Gasteiger partial charge is 0.119 e. The van der Waals surface area contributed by atoms with Crippen molar-refractivity contribution < 1.29 is 4.74 Å². The highest BCUT2D eigenvalue weighted by atomic mass is 35.5. The molecule has 0 fully saturated rings. The van der Waals surface area contributed by atoms with E-state index in [0.717, 1.165) is 39.8 Å². The fourth-order valence-electron chi connectivity index (χ4n) is 2.35. The van der Waals surface area contributed by atoms with Gasteiger partial charge in [-0.3, -0.25) is 0 Å². The molecule has 112 valence electrons. The number of hydrogen-bond donors (Lipinski definition) is 0. The number of rotatable bonds is 4. The SMILES string of the molecule is CCc1cc(-c2ccc(Cl)cc2)n(-c2ccc(OC)cc2)n1. The zero-order valence-electron chi connectivity index (χ0n) is 12.6. The fourth-order valence-corrected chi connectivity index (χ4v) is 2.48. The van der Waals surface area contributed by atoms with Gasteiger partial charge in [-0.1, -0.05) is 30.7 Å². The predicted molar refractivity (Wildman–Crippen MR) is 89.9 cm³/mol. The normalized spacial score (nSPS) is 10.7. The molecule has 2 aromatic carbocycles. The third kappa shape index (κ3) is 2.85. The van der Waals surface area contributed by atoms with Crippen molar-refractivity contribution in [3.05, 3.63) is 65.3 Å². The minimum absolute atomic E-state index is 0.731. The minimum Gasteiger partial charge on any atom is -0.497 e. The zero-order chi connectivity index (χ0) is 15.5. The maximum Gasteiger partial charge on any atom is 0.119 e. The molecule has 3 nitrogen and oxygen atoms in total. The summed E-state index contributed by atoms with van der Waals surface area (Å²) in [6, 6.07) is 17.8. The molecule has 0 saturated carbocycles. The summed E-state index contributed by atoms with van der Waals surface area (Å²) in [6.45, 7) is 2.10. The van der Waals surface area contributed by atoms with Gasteiger partial charge in [-0.05, 0) is 48.9 Å². The summed E-state index contributed by atoms with van der Waals surface area (Å²) in [7, 11) is 1.66. The number of aryl methyl sites for hydroxylation is 1. The number of aromatic nitrogens is 2. The standard InChI is InChI=1S/C18H17ClN2O/c1-3-15-12-18(13-4-6-14(19)7-5-13)21(20-15)16-8-10-17(22-2)11-9-16/h4-12H,3H2,1-2H3. The van der Waals surface area contributed by atoms with Crippen LogP contribution in [0.2, 0.25) is 5.02 Å². The predicted octanol–water partition coefficient (Wildman–Crippen LogP) is 4.76. The Labute approximate surface area is 135 Å². The van der Waals surface area contributed by atoms with Crippen LogP contribution in [0.1, 0.15) is 12.6 Å². The van der Waals surface area contributed by atoms with E-state index in [4.69, 9.17) is 21.4 Å². The van der Waals surface area contributed by atoms with Crippen LogP contribution in [0, 0.1) is 0 Å². The van der Waals surface area contributed by atoms with Crippen molar-refractivity contribution in [2.24, 2.45) is 0 Å². The first-order valence-electron chi connectivity index (χ1n) is 7.20. The molecule has 22 heavy (non-hydrogen) atoms. The first-order chi connectivity index (χ1) is 10.7. The second kappa shape index (κ2) is 6.24. The maximum absolute atomic E-state index is 5.99. The van der Waals surface area contributed by atoms with Crippen molar-refractivity contribution in [1.29, 1.82) is 0 Å². The van der Waals surface area contributed by atoms with Gasteiger partial charge in [0.25, 0.3) is 0 Å². The molecule has 1 aromatic heterocycles. The van der Waals surface area contributed by atoms with Gasteiger partial charge in [-0.15, -0.1) is 0 Å². The lowest BCUT2D eigenvalue weighted by molar-refractivity contribution is 0.414. The Morgan fingerprint density at radius 2 is 1.73 bits per heavy atom. The van der Waals surface area contributed by atoms with Gasteiger partial charge in [0.05, 0.1) is 24.2 Å². The van der Waals surface area contributed by atoms with Gasteiger partial charge in [-0.2, -0.15) is 5.10 Å². The summed E-state index contributed by atoms with van der Waals surface area (Å²) in [6.07, 6.45) is 0.893. The zero-order valence-corrected chi connectivity index (χ0v) is 13.3. The van der Waals surface area contributed by atoms with Crippen LogP contribution in [0.25, 0.3) is 16.9 Å². The van der Waals surface area contributed by atoms with E-state index in [9.17, 15) is 0 Å². The Morgan fingerprint density at radius 1 is 1.05 bits per heavy atom. The molecule has 0 spiro atoms. The Balaban J connectivity index is 2.09. The average molecular weight is 313 g/mol. The third-order valence-corrected chi connectivity index (χ3v) is 3.83. The Kier molecular flexibility index (Phi) is 4.16. The molecule has 1 heterocycles. The van der Waals surface area contributed by atoms with E-state index in [1.54, 1.807) is 7.11 Å². The van der Waals surface area contributed by atoms with E-state index in [1.165, 1.54) is 0 Å². The summed E-state index contributed by atoms with van der Waals surface area (Å²) in [5.41, 5.74) is 4.21. The molecule has 0 saturated heterocycles. The van der Waals surface area contributed by atoms with Gasteiger partial charge in [0, 0.05) is 10.6 Å². The van der Waals surface area contributed by atoms with Gasteiger partial charge in [0.15, 0.2) is 0 Å². The molecule has 0 aliphatic carbocycles. The Morgan fingerprint density at radius 3 is 2.32 bits per heavy atom. The van der Waals surface area contributed by atoms with E-state index in [0.29, 0.717) is 0 Å². The molecule has 0 N–H and O–H groups in total. The van der Waals surface area contributed by atoms with E-state index in [2.05, 4.69) is 13.0 Å². The minimum atomic E-state index is 0.731. The molecule has 0 bridgehead atoms. The van der Waals surface area contributed by atoms with Gasteiger partial charge >= 0.3 is 0 Å². The van der Waals surface area contributed by atoms with Gasteiger partial charge in [0.2, 0.25) is 0 Å². The molecule has 0 amide bonds. The van der Waals surface area contributed by atoms with Crippen molar-refractivity contribution in [2.75, 3.05) is 7.11 Å². The summed E-state index contributed by atoms with van der Waals surface area (Å²) in [5, 5.41) is 5.43. The highest BCUT2D eigenvalue weighted by molar-refractivity contribution is 6.30. The van der Waals surface area contributed by atoms with Crippen LogP contribution in [-0.4, -0.2) is 16.9 Å². The van der Waals surface area contributed by atoms with Crippen molar-refractivity contribution in [2.45, 2.75) is 13.3 Å². The number of benzene rings is 2. The number of hydrogen-bond acceptors (Lipinski definition) is 2. The van der Waals surface area contributed by atoms with E-state index in [1.807, 2.05) is 53.2 Å². The van der Waals surface area contributed by atoms with Crippen molar-refractivity contribution in [1.82, 2.24) is 9.78 Å². The van der Waals surface area contributed by atoms with Gasteiger partial charge < -0.3 is 4.74 Å². The molecule has 4 heteroatoms. The van der Waals surface area contributed by atoms with Gasteiger partial charge in [0.1, 0.15) is 5.75 Å². The molecule has 0 radical (unpaired) electrons. The van der Waals surface area contributed by atoms with Crippen LogP contribution in [0.3, 0.4) is 0 Å². The number of ether oxygens (including phenoxy) is 1. The molecule has 0 aliphatic heterocycles. The lowest BCUT2D eigenvalue weighted by Gasteiger charge is -2.08. The summed E-state index contributed by atoms with van der Waals surface area (Å²) in [5.74, 6) is 0.833. The largest absolute Gasteiger partial charge is 0.497 e. The number of halogens is 1. The van der Waals surface area contributed by atoms with Crippen LogP contribution in [0.4, 0.5) is 0 Å². The molecular weight excluding hydrogens is 296 g/mol. The van der Waals surface area contributed by atoms with Gasteiger partial charge in [-0.25, -0.2) is 4.68 Å². The van der Waals surface area contributed by atoms with Crippen LogP contribution >= 0.6 is 11.6 Å². The second-order valence-electron chi connectivity index (χ2n) is 4.99. The average Bonchev–Trinajstić information content (AvgIpc) is 3.00. The summed E-state index contributed by atoms with van der Waals surface area (Å²) >= 11 is 5.99. The monoisotopic (exact) mass is 312 g/mol. The first kappa shape index (κ1) is 14.7. The highest BCUT2D eigenvalue weighted by Crippen LogP contribution is 2.26. The third-order valence-electron chi connectivity index (χ3n) is 3.58. The number of nitrogens with zero attached hydrogens (tertiary/aromatic N) is 2. The molecule has 0 atom stereocenters. The molecular formula is C18H17ClN2O. The fraction of sp³-hybridized carbons (Fsp3) is 0.167. The van der Waals surface area contributed by atoms with Crippen LogP contribution in [0.5, 0.6) is 5.75 Å². The summed E-state index contributed by atoms with van der Waals surface area (Å²) in [4.78, 5) is 0. The second-order valence-corrected chi connectivity index (χ2v) is 5.43. The Hall–Kier alpha value is -2.26. The molecule has 3 aromatic rings. The maximum atomic E-state index is 5.99. The van der Waals surface area contributed by atoms with Crippen molar-refractivity contribution >= 4 is 11.6 Å². The van der Waals surface area contributed by atoms with E-state index >= 15 is 0 Å². The van der Waals surface area contributed by atoms with E-state index in [-0.39, 0.29) is 0 Å². The molecule has 0 aliphatic rings. The quantitative estimate of drug-likeness (QED) is 0.694.